The molecule has 0 aromatic carbocycles. The first-order chi connectivity index (χ1) is 18.2. The summed E-state index contributed by atoms with van der Waals surface area (Å²) in [5.74, 6) is -0.322. The largest absolute Gasteiger partial charge is 0.360 e. The van der Waals surface area contributed by atoms with Crippen LogP contribution in [0.15, 0.2) is 0 Å². The first kappa shape index (κ1) is 36.8. The number of nitrogens with zero attached hydrogens (tertiary/aromatic N) is 1. The van der Waals surface area contributed by atoms with Crippen molar-refractivity contribution in [3.8, 4) is 0 Å². The fourth-order valence-corrected chi connectivity index (χ4v) is 5.64. The molecular formula is C30H57N2O5P. The van der Waals surface area contributed by atoms with Crippen LogP contribution in [0.2, 0.25) is 0 Å². The number of ketones is 1. The molecule has 2 N–H and O–H groups in total. The quantitative estimate of drug-likeness (QED) is 0.0844. The van der Waals surface area contributed by atoms with Gasteiger partial charge in [0.2, 0.25) is 5.91 Å². The Kier molecular flexibility index (Phi) is 24.1. The molecule has 0 bridgehead atoms. The number of carbonyl (C=O) groups excluding carboxylic acids is 4. The van der Waals surface area contributed by atoms with Gasteiger partial charge in [-0.25, -0.2) is 0 Å². The summed E-state index contributed by atoms with van der Waals surface area (Å²) >= 11 is 0. The highest BCUT2D eigenvalue weighted by Gasteiger charge is 2.27. The van der Waals surface area contributed by atoms with Gasteiger partial charge in [-0.05, 0) is 39.9 Å². The van der Waals surface area contributed by atoms with Crippen LogP contribution in [-0.2, 0) is 19.2 Å². The lowest BCUT2D eigenvalue weighted by Crippen LogP contribution is -2.36. The number of hydrogen-bond acceptors (Lipinski definition) is 6. The fourth-order valence-electron chi connectivity index (χ4n) is 4.60. The maximum atomic E-state index is 12.5. The normalized spacial score (nSPS) is 12.9. The monoisotopic (exact) mass is 556 g/mol. The van der Waals surface area contributed by atoms with E-state index in [4.69, 9.17) is 0 Å². The van der Waals surface area contributed by atoms with E-state index >= 15 is 0 Å². The molecule has 0 saturated carbocycles. The van der Waals surface area contributed by atoms with Crippen molar-refractivity contribution < 1.29 is 24.1 Å². The van der Waals surface area contributed by atoms with Crippen LogP contribution in [0.5, 0.6) is 0 Å². The summed E-state index contributed by atoms with van der Waals surface area (Å²) in [5, 5.41) is 2.65. The SMILES string of the molecule is CCCCCCCCCCCCCCCCC(=O)CC(CC(=O)P(O)C(=O)CCCCN(C)C)NC(C)=O. The van der Waals surface area contributed by atoms with E-state index in [1.54, 1.807) is 0 Å². The Morgan fingerprint density at radius 1 is 0.684 bits per heavy atom. The number of hydrogen-bond donors (Lipinski definition) is 2. The van der Waals surface area contributed by atoms with Gasteiger partial charge in [0.25, 0.3) is 0 Å². The van der Waals surface area contributed by atoms with Gasteiger partial charge in [0.15, 0.2) is 19.2 Å². The van der Waals surface area contributed by atoms with Gasteiger partial charge in [-0.15, -0.1) is 0 Å². The minimum absolute atomic E-state index is 0.00719. The van der Waals surface area contributed by atoms with Crippen LogP contribution < -0.4 is 5.32 Å². The Labute approximate surface area is 234 Å². The second-order valence-corrected chi connectivity index (χ2v) is 12.7. The summed E-state index contributed by atoms with van der Waals surface area (Å²) in [6.45, 7) is 4.44. The first-order valence-electron chi connectivity index (χ1n) is 15.2. The lowest BCUT2D eigenvalue weighted by molar-refractivity contribution is -0.122. The second kappa shape index (κ2) is 24.8. The van der Waals surface area contributed by atoms with Crippen LogP contribution in [0.25, 0.3) is 0 Å². The molecule has 2 unspecified atom stereocenters. The van der Waals surface area contributed by atoms with E-state index in [-0.39, 0.29) is 31.0 Å². The molecule has 0 aliphatic heterocycles. The number of unbranched alkanes of at least 4 members (excludes halogenated alkanes) is 14. The van der Waals surface area contributed by atoms with E-state index in [2.05, 4.69) is 12.2 Å². The van der Waals surface area contributed by atoms with Crippen LogP contribution in [0.1, 0.15) is 142 Å². The fraction of sp³-hybridized carbons (Fsp3) is 0.867. The number of carbonyl (C=O) groups is 4. The molecule has 0 spiro atoms. The van der Waals surface area contributed by atoms with Crippen molar-refractivity contribution >= 4 is 30.9 Å². The molecule has 0 aromatic rings. The average molecular weight is 557 g/mol. The predicted octanol–water partition coefficient (Wildman–Crippen LogP) is 6.89. The molecule has 2 atom stereocenters. The van der Waals surface area contributed by atoms with Crippen molar-refractivity contribution in [3.63, 3.8) is 0 Å². The smallest absolute Gasteiger partial charge is 0.217 e. The second-order valence-electron chi connectivity index (χ2n) is 11.1. The van der Waals surface area contributed by atoms with Crippen molar-refractivity contribution in [2.24, 2.45) is 0 Å². The summed E-state index contributed by atoms with van der Waals surface area (Å²) < 4.78 is 0. The maximum Gasteiger partial charge on any atom is 0.217 e. The molecule has 8 heteroatoms. The molecule has 1 amide bonds. The van der Waals surface area contributed by atoms with E-state index in [0.29, 0.717) is 12.8 Å². The average Bonchev–Trinajstić information content (AvgIpc) is 2.85. The van der Waals surface area contributed by atoms with Gasteiger partial charge in [0, 0.05) is 38.6 Å². The highest BCUT2D eigenvalue weighted by Crippen LogP contribution is 2.36. The van der Waals surface area contributed by atoms with Crippen LogP contribution in [-0.4, -0.2) is 59.2 Å². The van der Waals surface area contributed by atoms with E-state index in [1.165, 1.54) is 77.6 Å². The van der Waals surface area contributed by atoms with Crippen molar-refractivity contribution in [3.05, 3.63) is 0 Å². The highest BCUT2D eigenvalue weighted by molar-refractivity contribution is 7.84. The van der Waals surface area contributed by atoms with Crippen molar-refractivity contribution in [1.82, 2.24) is 10.2 Å². The number of Topliss-reactive ketones (excluding diaryl/α,β-unsaturated/α-hetero) is 1. The molecular weight excluding hydrogens is 499 g/mol. The summed E-state index contributed by atoms with van der Waals surface area (Å²) in [7, 11) is 1.50. The lowest BCUT2D eigenvalue weighted by atomic mass is 10.0. The van der Waals surface area contributed by atoms with Crippen LogP contribution in [0, 0.1) is 0 Å². The van der Waals surface area contributed by atoms with E-state index in [9.17, 15) is 24.1 Å². The van der Waals surface area contributed by atoms with E-state index in [0.717, 1.165) is 32.2 Å². The Hall–Kier alpha value is -1.17. The maximum absolute atomic E-state index is 12.5. The third kappa shape index (κ3) is 22.8. The van der Waals surface area contributed by atoms with Gasteiger partial charge < -0.3 is 15.1 Å². The van der Waals surface area contributed by atoms with Crippen molar-refractivity contribution in [2.75, 3.05) is 20.6 Å². The third-order valence-electron chi connectivity index (χ3n) is 6.83. The Balaban J connectivity index is 4.07. The number of rotatable bonds is 27. The molecule has 0 rings (SSSR count). The number of amides is 1. The minimum Gasteiger partial charge on any atom is -0.360 e. The molecule has 0 fully saturated rings. The molecule has 0 aliphatic rings. The van der Waals surface area contributed by atoms with Crippen LogP contribution in [0.3, 0.4) is 0 Å². The van der Waals surface area contributed by atoms with Gasteiger partial charge in [0.1, 0.15) is 5.78 Å². The Morgan fingerprint density at radius 2 is 1.16 bits per heavy atom. The van der Waals surface area contributed by atoms with Gasteiger partial charge in [0.05, 0.1) is 0 Å². The summed E-state index contributed by atoms with van der Waals surface area (Å²) in [5.41, 5.74) is -1.00. The van der Waals surface area contributed by atoms with Crippen molar-refractivity contribution in [1.29, 1.82) is 0 Å². The van der Waals surface area contributed by atoms with Gasteiger partial charge in [-0.1, -0.05) is 90.4 Å². The molecule has 0 saturated heterocycles. The summed E-state index contributed by atoms with van der Waals surface area (Å²) in [6.07, 6.45) is 19.5. The predicted molar refractivity (Wildman–Crippen MR) is 158 cm³/mol. The van der Waals surface area contributed by atoms with Gasteiger partial charge in [-0.2, -0.15) is 0 Å². The highest BCUT2D eigenvalue weighted by atomic mass is 31.1. The molecule has 0 radical (unpaired) electrons. The lowest BCUT2D eigenvalue weighted by Gasteiger charge is -2.18. The Bertz CT molecular complexity index is 657. The molecule has 0 aliphatic carbocycles. The number of nitrogens with one attached hydrogen (secondary N) is 1. The topological polar surface area (TPSA) is 104 Å². The van der Waals surface area contributed by atoms with Gasteiger partial charge >= 0.3 is 0 Å². The third-order valence-corrected chi connectivity index (χ3v) is 8.18. The summed E-state index contributed by atoms with van der Waals surface area (Å²) in [4.78, 5) is 61.0. The molecule has 0 aromatic heterocycles. The van der Waals surface area contributed by atoms with E-state index in [1.807, 2.05) is 19.0 Å². The zero-order valence-electron chi connectivity index (χ0n) is 24.9. The van der Waals surface area contributed by atoms with Crippen LogP contribution in [0.4, 0.5) is 0 Å². The zero-order chi connectivity index (χ0) is 28.6. The molecule has 38 heavy (non-hydrogen) atoms. The molecule has 222 valence electrons. The zero-order valence-corrected chi connectivity index (χ0v) is 25.8. The Morgan fingerprint density at radius 3 is 1.63 bits per heavy atom. The molecule has 7 nitrogen and oxygen atoms in total. The van der Waals surface area contributed by atoms with Crippen molar-refractivity contribution in [2.45, 2.75) is 148 Å². The van der Waals surface area contributed by atoms with Crippen LogP contribution >= 0.6 is 8.15 Å². The molecule has 0 heterocycles. The van der Waals surface area contributed by atoms with Gasteiger partial charge in [-0.3, -0.25) is 19.2 Å². The first-order valence-corrected chi connectivity index (χ1v) is 16.4. The standard InChI is InChI=1S/C30H57N2O5P/c1-5-6-7-8-9-10-11-12-13-14-15-16-17-18-21-28(34)24-27(31-26(2)33)25-30(36)38(37)29(35)22-19-20-23-32(3)4/h27,37H,5-25H2,1-4H3,(H,31,33). The van der Waals surface area contributed by atoms with E-state index < -0.39 is 25.2 Å². The minimum atomic E-state index is -2.40. The summed E-state index contributed by atoms with van der Waals surface area (Å²) in [6, 6.07) is -0.669.